The fourth-order valence-corrected chi connectivity index (χ4v) is 2.75. The van der Waals surface area contributed by atoms with Crippen molar-refractivity contribution in [1.29, 1.82) is 0 Å². The summed E-state index contributed by atoms with van der Waals surface area (Å²) < 4.78 is 1.78. The first-order valence-electron chi connectivity index (χ1n) is 6.05. The molecule has 6 heteroatoms. The highest BCUT2D eigenvalue weighted by Crippen LogP contribution is 2.25. The van der Waals surface area contributed by atoms with Crippen LogP contribution in [0, 0.1) is 0 Å². The van der Waals surface area contributed by atoms with E-state index in [1.165, 1.54) is 0 Å². The average molecular weight is 399 g/mol. The lowest BCUT2D eigenvalue weighted by Crippen LogP contribution is -2.30. The van der Waals surface area contributed by atoms with E-state index in [0.717, 1.165) is 20.3 Å². The predicted molar refractivity (Wildman–Crippen MR) is 86.8 cm³/mol. The average Bonchev–Trinajstić information content (AvgIpc) is 2.43. The first kappa shape index (κ1) is 15.0. The lowest BCUT2D eigenvalue weighted by Gasteiger charge is -2.09. The largest absolute Gasteiger partial charge is 0.337 e. The van der Waals surface area contributed by atoms with Crippen LogP contribution in [0.3, 0.4) is 0 Å². The van der Waals surface area contributed by atoms with Gasteiger partial charge < -0.3 is 10.6 Å². The fraction of sp³-hybridized carbons (Fsp3) is 0.143. The molecule has 104 valence electrons. The van der Waals surface area contributed by atoms with E-state index in [9.17, 15) is 4.79 Å². The number of hydrogen-bond donors (Lipinski definition) is 2. The smallest absolute Gasteiger partial charge is 0.319 e. The summed E-state index contributed by atoms with van der Waals surface area (Å²) in [5.41, 5.74) is 1.68. The van der Waals surface area contributed by atoms with Gasteiger partial charge in [-0.3, -0.25) is 4.98 Å². The molecule has 2 rings (SSSR count). The summed E-state index contributed by atoms with van der Waals surface area (Å²) in [4.78, 5) is 16.0. The van der Waals surface area contributed by atoms with Crippen molar-refractivity contribution >= 4 is 43.6 Å². The first-order chi connectivity index (χ1) is 9.65. The molecule has 0 fully saturated rings. The Morgan fingerprint density at radius 3 is 2.75 bits per heavy atom. The third-order valence-corrected chi connectivity index (χ3v) is 3.72. The Labute approximate surface area is 134 Å². The summed E-state index contributed by atoms with van der Waals surface area (Å²) in [6, 6.07) is 11.1. The molecule has 1 aromatic carbocycles. The molecule has 0 saturated heterocycles. The molecule has 0 bridgehead atoms. The Balaban J connectivity index is 1.81. The van der Waals surface area contributed by atoms with Crippen molar-refractivity contribution in [2.45, 2.75) is 6.42 Å². The summed E-state index contributed by atoms with van der Waals surface area (Å²) in [7, 11) is 0. The Bertz CT molecular complexity index is 590. The molecule has 0 unspecified atom stereocenters. The summed E-state index contributed by atoms with van der Waals surface area (Å²) in [5, 5.41) is 5.58. The Morgan fingerprint density at radius 2 is 2.05 bits per heavy atom. The quantitative estimate of drug-likeness (QED) is 0.818. The molecule has 2 aromatic rings. The number of nitrogens with one attached hydrogen (secondary N) is 2. The van der Waals surface area contributed by atoms with Crippen LogP contribution in [-0.4, -0.2) is 17.6 Å². The van der Waals surface area contributed by atoms with E-state index < -0.39 is 0 Å². The van der Waals surface area contributed by atoms with Gasteiger partial charge in [-0.1, -0.05) is 22.0 Å². The molecule has 0 radical (unpaired) electrons. The zero-order chi connectivity index (χ0) is 14.4. The molecular formula is C14H13Br2N3O. The summed E-state index contributed by atoms with van der Waals surface area (Å²) in [6.07, 6.45) is 2.45. The van der Waals surface area contributed by atoms with Crippen LogP contribution in [0.4, 0.5) is 10.5 Å². The Morgan fingerprint density at radius 1 is 1.20 bits per heavy atom. The van der Waals surface area contributed by atoms with Gasteiger partial charge in [0.15, 0.2) is 0 Å². The Kier molecular flexibility index (Phi) is 5.55. The van der Waals surface area contributed by atoms with Crippen LogP contribution < -0.4 is 10.6 Å². The molecule has 2 amide bonds. The van der Waals surface area contributed by atoms with Crippen LogP contribution in [0.1, 0.15) is 5.69 Å². The molecule has 1 heterocycles. The number of pyridine rings is 1. The number of amides is 2. The van der Waals surface area contributed by atoms with Gasteiger partial charge in [-0.25, -0.2) is 4.79 Å². The molecule has 0 spiro atoms. The first-order valence-corrected chi connectivity index (χ1v) is 7.63. The van der Waals surface area contributed by atoms with Crippen LogP contribution in [0.2, 0.25) is 0 Å². The van der Waals surface area contributed by atoms with Gasteiger partial charge in [-0.15, -0.1) is 0 Å². The van der Waals surface area contributed by atoms with Crippen LogP contribution in [-0.2, 0) is 6.42 Å². The fourth-order valence-electron chi connectivity index (χ4n) is 1.61. The summed E-state index contributed by atoms with van der Waals surface area (Å²) >= 11 is 6.76. The standard InChI is InChI=1S/C14H13Br2N3O/c15-10-4-5-13(12(16)9-10)19-14(20)18-8-6-11-3-1-2-7-17-11/h1-5,7,9H,6,8H2,(H2,18,19,20). The van der Waals surface area contributed by atoms with E-state index in [4.69, 9.17) is 0 Å². The normalized spacial score (nSPS) is 10.1. The number of nitrogens with zero attached hydrogens (tertiary/aromatic N) is 1. The third kappa shape index (κ3) is 4.61. The Hall–Kier alpha value is -1.40. The maximum absolute atomic E-state index is 11.8. The number of hydrogen-bond acceptors (Lipinski definition) is 2. The summed E-state index contributed by atoms with van der Waals surface area (Å²) in [5.74, 6) is 0. The SMILES string of the molecule is O=C(NCCc1ccccn1)Nc1ccc(Br)cc1Br. The van der Waals surface area contributed by atoms with Gasteiger partial charge in [-0.05, 0) is 46.3 Å². The molecule has 20 heavy (non-hydrogen) atoms. The van der Waals surface area contributed by atoms with E-state index in [-0.39, 0.29) is 6.03 Å². The van der Waals surface area contributed by atoms with Crippen molar-refractivity contribution in [3.8, 4) is 0 Å². The molecule has 2 N–H and O–H groups in total. The highest BCUT2D eigenvalue weighted by molar-refractivity contribution is 9.11. The second-order valence-corrected chi connectivity index (χ2v) is 5.85. The van der Waals surface area contributed by atoms with Crippen molar-refractivity contribution in [2.75, 3.05) is 11.9 Å². The van der Waals surface area contributed by atoms with Crippen LogP contribution >= 0.6 is 31.9 Å². The minimum Gasteiger partial charge on any atom is -0.337 e. The van der Waals surface area contributed by atoms with Gasteiger partial charge >= 0.3 is 6.03 Å². The molecule has 0 atom stereocenters. The molecule has 0 aliphatic carbocycles. The molecule has 1 aromatic heterocycles. The molecule has 0 saturated carbocycles. The van der Waals surface area contributed by atoms with Gasteiger partial charge in [0, 0.05) is 33.8 Å². The summed E-state index contributed by atoms with van der Waals surface area (Å²) in [6.45, 7) is 0.539. The maximum Gasteiger partial charge on any atom is 0.319 e. The zero-order valence-corrected chi connectivity index (χ0v) is 13.7. The van der Waals surface area contributed by atoms with Gasteiger partial charge in [0.2, 0.25) is 0 Å². The number of benzene rings is 1. The van der Waals surface area contributed by atoms with E-state index in [1.807, 2.05) is 36.4 Å². The molecule has 4 nitrogen and oxygen atoms in total. The van der Waals surface area contributed by atoms with Gasteiger partial charge in [0.05, 0.1) is 5.69 Å². The van der Waals surface area contributed by atoms with Crippen LogP contribution in [0.5, 0.6) is 0 Å². The van der Waals surface area contributed by atoms with Crippen molar-refractivity contribution in [3.63, 3.8) is 0 Å². The predicted octanol–water partition coefficient (Wildman–Crippen LogP) is 3.97. The van der Waals surface area contributed by atoms with Gasteiger partial charge in [0.25, 0.3) is 0 Å². The number of carbonyl (C=O) groups is 1. The number of aromatic nitrogens is 1. The number of halogens is 2. The highest BCUT2D eigenvalue weighted by Gasteiger charge is 2.05. The lowest BCUT2D eigenvalue weighted by atomic mass is 10.3. The van der Waals surface area contributed by atoms with Gasteiger partial charge in [-0.2, -0.15) is 0 Å². The van der Waals surface area contributed by atoms with E-state index in [0.29, 0.717) is 13.0 Å². The third-order valence-electron chi connectivity index (χ3n) is 2.57. The van der Waals surface area contributed by atoms with E-state index in [1.54, 1.807) is 6.20 Å². The van der Waals surface area contributed by atoms with Crippen LogP contribution in [0.25, 0.3) is 0 Å². The zero-order valence-electron chi connectivity index (χ0n) is 10.6. The number of urea groups is 1. The number of rotatable bonds is 4. The van der Waals surface area contributed by atoms with Crippen molar-refractivity contribution in [1.82, 2.24) is 10.3 Å². The minimum atomic E-state index is -0.232. The lowest BCUT2D eigenvalue weighted by molar-refractivity contribution is 0.252. The van der Waals surface area contributed by atoms with Crippen LogP contribution in [0.15, 0.2) is 51.5 Å². The van der Waals surface area contributed by atoms with Crippen molar-refractivity contribution in [3.05, 3.63) is 57.2 Å². The number of anilines is 1. The highest BCUT2D eigenvalue weighted by atomic mass is 79.9. The second kappa shape index (κ2) is 7.40. The maximum atomic E-state index is 11.8. The van der Waals surface area contributed by atoms with E-state index in [2.05, 4.69) is 47.5 Å². The monoisotopic (exact) mass is 397 g/mol. The molecular weight excluding hydrogens is 386 g/mol. The van der Waals surface area contributed by atoms with Gasteiger partial charge in [0.1, 0.15) is 0 Å². The van der Waals surface area contributed by atoms with Crippen molar-refractivity contribution in [2.24, 2.45) is 0 Å². The number of carbonyl (C=O) groups excluding carboxylic acids is 1. The topological polar surface area (TPSA) is 54.0 Å². The van der Waals surface area contributed by atoms with Crippen molar-refractivity contribution < 1.29 is 4.79 Å². The second-order valence-electron chi connectivity index (χ2n) is 4.08. The minimum absolute atomic E-state index is 0.232. The molecule has 0 aliphatic rings. The molecule has 0 aliphatic heterocycles. The van der Waals surface area contributed by atoms with E-state index >= 15 is 0 Å².